The molecular weight excluding hydrogens is 220 g/mol. The van der Waals surface area contributed by atoms with Gasteiger partial charge in [-0.3, -0.25) is 0 Å². The van der Waals surface area contributed by atoms with Crippen LogP contribution in [0.1, 0.15) is 32.3 Å². The molecule has 0 aliphatic rings. The first-order valence-electron chi connectivity index (χ1n) is 6.94. The van der Waals surface area contributed by atoms with Gasteiger partial charge in [0.2, 0.25) is 0 Å². The lowest BCUT2D eigenvalue weighted by atomic mass is 10.00. The van der Waals surface area contributed by atoms with E-state index in [0.717, 1.165) is 13.1 Å². The van der Waals surface area contributed by atoms with E-state index in [-0.39, 0.29) is 0 Å². The van der Waals surface area contributed by atoms with Gasteiger partial charge in [-0.2, -0.15) is 0 Å². The lowest BCUT2D eigenvalue weighted by molar-refractivity contribution is 0.224. The van der Waals surface area contributed by atoms with Crippen molar-refractivity contribution in [3.05, 3.63) is 35.9 Å². The molecule has 2 atom stereocenters. The van der Waals surface area contributed by atoms with E-state index in [9.17, 15) is 0 Å². The van der Waals surface area contributed by atoms with Gasteiger partial charge in [0.15, 0.2) is 0 Å². The number of nitrogens with zero attached hydrogens (tertiary/aromatic N) is 1. The minimum Gasteiger partial charge on any atom is -0.315 e. The van der Waals surface area contributed by atoms with Crippen LogP contribution in [0.2, 0.25) is 0 Å². The van der Waals surface area contributed by atoms with Crippen LogP contribution in [0.5, 0.6) is 0 Å². The number of nitrogens with one attached hydrogen (secondary N) is 1. The van der Waals surface area contributed by atoms with Gasteiger partial charge in [-0.25, -0.2) is 0 Å². The largest absolute Gasteiger partial charge is 0.315 e. The van der Waals surface area contributed by atoms with E-state index in [1.807, 2.05) is 0 Å². The van der Waals surface area contributed by atoms with Gasteiger partial charge in [0, 0.05) is 19.1 Å². The summed E-state index contributed by atoms with van der Waals surface area (Å²) in [6.45, 7) is 8.95. The quantitative estimate of drug-likeness (QED) is 0.798. The van der Waals surface area contributed by atoms with Crippen molar-refractivity contribution in [1.82, 2.24) is 10.2 Å². The van der Waals surface area contributed by atoms with Crippen molar-refractivity contribution in [2.45, 2.75) is 32.7 Å². The van der Waals surface area contributed by atoms with Crippen molar-refractivity contribution < 1.29 is 0 Å². The monoisotopic (exact) mass is 248 g/mol. The number of hydrogen-bond donors (Lipinski definition) is 1. The van der Waals surface area contributed by atoms with Crippen LogP contribution < -0.4 is 5.32 Å². The highest BCUT2D eigenvalue weighted by molar-refractivity contribution is 5.18. The summed E-state index contributed by atoms with van der Waals surface area (Å²) in [5, 5.41) is 3.60. The Balaban J connectivity index is 2.37. The molecule has 102 valence electrons. The molecule has 1 aromatic carbocycles. The predicted octanol–water partition coefficient (Wildman–Crippen LogP) is 2.97. The minimum atomic E-state index is 0.571. The van der Waals surface area contributed by atoms with E-state index in [0.29, 0.717) is 17.9 Å². The summed E-state index contributed by atoms with van der Waals surface area (Å²) in [6.07, 6.45) is 0. The summed E-state index contributed by atoms with van der Waals surface area (Å²) in [4.78, 5) is 2.31. The maximum Gasteiger partial charge on any atom is 0.0237 e. The second kappa shape index (κ2) is 7.55. The second-order valence-electron chi connectivity index (χ2n) is 5.74. The third kappa shape index (κ3) is 4.79. The van der Waals surface area contributed by atoms with Gasteiger partial charge in [0.25, 0.3) is 0 Å². The van der Waals surface area contributed by atoms with Crippen LogP contribution in [0.25, 0.3) is 0 Å². The highest BCUT2D eigenvalue weighted by Crippen LogP contribution is 2.13. The molecule has 0 aliphatic heterocycles. The van der Waals surface area contributed by atoms with Gasteiger partial charge in [0.05, 0.1) is 0 Å². The Morgan fingerprint density at radius 1 is 1.00 bits per heavy atom. The molecule has 1 N–H and O–H groups in total. The Labute approximate surface area is 112 Å². The second-order valence-corrected chi connectivity index (χ2v) is 5.74. The fourth-order valence-corrected chi connectivity index (χ4v) is 2.36. The number of benzene rings is 1. The Kier molecular flexibility index (Phi) is 6.37. The van der Waals surface area contributed by atoms with Gasteiger partial charge in [0.1, 0.15) is 0 Å². The normalized spacial score (nSPS) is 15.1. The molecule has 2 heteroatoms. The third-order valence-corrected chi connectivity index (χ3v) is 3.61. The van der Waals surface area contributed by atoms with E-state index in [4.69, 9.17) is 0 Å². The maximum atomic E-state index is 3.60. The van der Waals surface area contributed by atoms with E-state index >= 15 is 0 Å². The zero-order valence-electron chi connectivity index (χ0n) is 12.5. The smallest absolute Gasteiger partial charge is 0.0237 e. The molecule has 0 aliphatic carbocycles. The molecular formula is C16H28N2. The lowest BCUT2D eigenvalue weighted by Crippen LogP contribution is -2.42. The molecule has 0 aromatic heterocycles. The molecule has 0 saturated carbocycles. The summed E-state index contributed by atoms with van der Waals surface area (Å²) < 4.78 is 0. The molecule has 0 heterocycles. The van der Waals surface area contributed by atoms with Gasteiger partial charge >= 0.3 is 0 Å². The molecule has 0 bridgehead atoms. The molecule has 2 unspecified atom stereocenters. The predicted molar refractivity (Wildman–Crippen MR) is 80.0 cm³/mol. The third-order valence-electron chi connectivity index (χ3n) is 3.61. The van der Waals surface area contributed by atoms with Gasteiger partial charge < -0.3 is 10.2 Å². The molecule has 18 heavy (non-hydrogen) atoms. The average Bonchev–Trinajstić information content (AvgIpc) is 2.34. The highest BCUT2D eigenvalue weighted by Gasteiger charge is 2.15. The van der Waals surface area contributed by atoms with Crippen LogP contribution in [0, 0.1) is 5.92 Å². The zero-order chi connectivity index (χ0) is 13.5. The van der Waals surface area contributed by atoms with Crippen LogP contribution in [-0.4, -0.2) is 38.1 Å². The van der Waals surface area contributed by atoms with Gasteiger partial charge in [-0.1, -0.05) is 51.1 Å². The van der Waals surface area contributed by atoms with E-state index in [2.05, 4.69) is 75.4 Å². The standard InChI is InChI=1S/C16H28N2/c1-13(2)16(18(4)5)12-17-11-14(3)15-9-7-6-8-10-15/h6-10,13-14,16-17H,11-12H2,1-5H3. The Morgan fingerprint density at radius 2 is 1.61 bits per heavy atom. The zero-order valence-corrected chi connectivity index (χ0v) is 12.5. The lowest BCUT2D eigenvalue weighted by Gasteiger charge is -2.28. The van der Waals surface area contributed by atoms with Gasteiger partial charge in [-0.05, 0) is 31.5 Å². The van der Waals surface area contributed by atoms with Crippen molar-refractivity contribution in [2.75, 3.05) is 27.2 Å². The summed E-state index contributed by atoms with van der Waals surface area (Å²) in [5.74, 6) is 1.25. The molecule has 1 aromatic rings. The van der Waals surface area contributed by atoms with Crippen molar-refractivity contribution in [3.63, 3.8) is 0 Å². The molecule has 1 rings (SSSR count). The Bertz CT molecular complexity index is 311. The Morgan fingerprint density at radius 3 is 2.11 bits per heavy atom. The van der Waals surface area contributed by atoms with E-state index in [1.165, 1.54) is 5.56 Å². The van der Waals surface area contributed by atoms with Crippen molar-refractivity contribution in [2.24, 2.45) is 5.92 Å². The average molecular weight is 248 g/mol. The van der Waals surface area contributed by atoms with Crippen LogP contribution in [0.15, 0.2) is 30.3 Å². The fraction of sp³-hybridized carbons (Fsp3) is 0.625. The molecule has 2 nitrogen and oxygen atoms in total. The summed E-state index contributed by atoms with van der Waals surface area (Å²) in [5.41, 5.74) is 1.41. The van der Waals surface area contributed by atoms with Crippen molar-refractivity contribution in [3.8, 4) is 0 Å². The van der Waals surface area contributed by atoms with Crippen LogP contribution in [0.4, 0.5) is 0 Å². The van der Waals surface area contributed by atoms with Gasteiger partial charge in [-0.15, -0.1) is 0 Å². The first-order valence-corrected chi connectivity index (χ1v) is 6.94. The highest BCUT2D eigenvalue weighted by atomic mass is 15.1. The van der Waals surface area contributed by atoms with E-state index < -0.39 is 0 Å². The number of rotatable bonds is 7. The van der Waals surface area contributed by atoms with Crippen LogP contribution >= 0.6 is 0 Å². The maximum absolute atomic E-state index is 3.60. The fourth-order valence-electron chi connectivity index (χ4n) is 2.36. The molecule has 0 fully saturated rings. The minimum absolute atomic E-state index is 0.571. The van der Waals surface area contributed by atoms with E-state index in [1.54, 1.807) is 0 Å². The van der Waals surface area contributed by atoms with Crippen molar-refractivity contribution >= 4 is 0 Å². The number of hydrogen-bond acceptors (Lipinski definition) is 2. The summed E-state index contributed by atoms with van der Waals surface area (Å²) in [7, 11) is 4.32. The van der Waals surface area contributed by atoms with Crippen molar-refractivity contribution in [1.29, 1.82) is 0 Å². The molecule has 0 saturated heterocycles. The van der Waals surface area contributed by atoms with Crippen LogP contribution in [-0.2, 0) is 0 Å². The summed E-state index contributed by atoms with van der Waals surface area (Å²) in [6, 6.07) is 11.3. The summed E-state index contributed by atoms with van der Waals surface area (Å²) >= 11 is 0. The number of likely N-dealkylation sites (N-methyl/N-ethyl adjacent to an activating group) is 1. The first-order chi connectivity index (χ1) is 8.52. The molecule has 0 radical (unpaired) electrons. The Hall–Kier alpha value is -0.860. The van der Waals surface area contributed by atoms with Crippen LogP contribution in [0.3, 0.4) is 0 Å². The topological polar surface area (TPSA) is 15.3 Å². The SMILES string of the molecule is CC(CNCC(C(C)C)N(C)C)c1ccccc1. The molecule has 0 amide bonds. The molecule has 0 spiro atoms. The first kappa shape index (κ1) is 15.2.